The highest BCUT2D eigenvalue weighted by molar-refractivity contribution is 5.57. The molecule has 2 heterocycles. The first kappa shape index (κ1) is 17.2. The summed E-state index contributed by atoms with van der Waals surface area (Å²) in [5.41, 5.74) is 3.21. The third-order valence-corrected chi connectivity index (χ3v) is 4.63. The van der Waals surface area contributed by atoms with E-state index in [9.17, 15) is 4.39 Å². The minimum absolute atomic E-state index is 0.213. The van der Waals surface area contributed by atoms with Gasteiger partial charge in [0, 0.05) is 37.6 Å². The highest BCUT2D eigenvalue weighted by Gasteiger charge is 2.20. The van der Waals surface area contributed by atoms with Crippen molar-refractivity contribution in [3.8, 4) is 0 Å². The molecule has 6 nitrogen and oxygen atoms in total. The number of rotatable bonds is 4. The van der Waals surface area contributed by atoms with Crippen LogP contribution in [0.15, 0.2) is 54.7 Å². The number of nitrogens with zero attached hydrogens (tertiary/aromatic N) is 5. The van der Waals surface area contributed by atoms with Crippen LogP contribution in [0.25, 0.3) is 0 Å². The lowest BCUT2D eigenvalue weighted by atomic mass is 10.2. The first-order valence-electron chi connectivity index (χ1n) is 8.96. The summed E-state index contributed by atoms with van der Waals surface area (Å²) in [6.45, 7) is 5.27. The molecule has 1 N–H and O–H groups in total. The molecule has 0 bridgehead atoms. The zero-order valence-corrected chi connectivity index (χ0v) is 15.1. The quantitative estimate of drug-likeness (QED) is 0.766. The summed E-state index contributed by atoms with van der Waals surface area (Å²) >= 11 is 0. The van der Waals surface area contributed by atoms with E-state index in [1.165, 1.54) is 17.7 Å². The smallest absolute Gasteiger partial charge is 0.247 e. The van der Waals surface area contributed by atoms with Crippen molar-refractivity contribution in [2.24, 2.45) is 0 Å². The SMILES string of the molecule is Cc1ccc(Nc2cnnc(N3CCN(c4ccc(F)cc4)CC3)n2)cc1. The second-order valence-corrected chi connectivity index (χ2v) is 6.58. The van der Waals surface area contributed by atoms with Crippen LogP contribution < -0.4 is 15.1 Å². The standard InChI is InChI=1S/C20H21FN6/c1-15-2-6-17(7-3-15)23-19-14-22-25-20(24-19)27-12-10-26(11-13-27)18-8-4-16(21)5-9-18/h2-9,14H,10-13H2,1H3,(H,23,24,25). The van der Waals surface area contributed by atoms with Gasteiger partial charge in [-0.15, -0.1) is 5.10 Å². The molecule has 27 heavy (non-hydrogen) atoms. The lowest BCUT2D eigenvalue weighted by molar-refractivity contribution is 0.622. The molecule has 3 aromatic rings. The zero-order valence-electron chi connectivity index (χ0n) is 15.1. The highest BCUT2D eigenvalue weighted by atomic mass is 19.1. The van der Waals surface area contributed by atoms with Crippen molar-refractivity contribution in [3.63, 3.8) is 0 Å². The Morgan fingerprint density at radius 3 is 2.26 bits per heavy atom. The van der Waals surface area contributed by atoms with Gasteiger partial charge in [0.1, 0.15) is 5.82 Å². The lowest BCUT2D eigenvalue weighted by Crippen LogP contribution is -2.47. The Morgan fingerprint density at radius 2 is 1.56 bits per heavy atom. The third kappa shape index (κ3) is 4.13. The normalized spacial score (nSPS) is 14.3. The van der Waals surface area contributed by atoms with Gasteiger partial charge >= 0.3 is 0 Å². The topological polar surface area (TPSA) is 57.2 Å². The van der Waals surface area contributed by atoms with Crippen LogP contribution in [0.5, 0.6) is 0 Å². The molecule has 0 amide bonds. The number of aromatic nitrogens is 3. The van der Waals surface area contributed by atoms with Gasteiger partial charge < -0.3 is 15.1 Å². The van der Waals surface area contributed by atoms with Crippen LogP contribution in [0, 0.1) is 12.7 Å². The van der Waals surface area contributed by atoms with Crippen molar-refractivity contribution in [3.05, 3.63) is 66.1 Å². The van der Waals surface area contributed by atoms with E-state index in [0.717, 1.165) is 37.6 Å². The maximum absolute atomic E-state index is 13.1. The molecule has 1 aliphatic heterocycles. The van der Waals surface area contributed by atoms with Gasteiger partial charge in [0.15, 0.2) is 5.82 Å². The lowest BCUT2D eigenvalue weighted by Gasteiger charge is -2.35. The first-order valence-corrected chi connectivity index (χ1v) is 8.96. The van der Waals surface area contributed by atoms with Crippen molar-refractivity contribution < 1.29 is 4.39 Å². The molecule has 0 atom stereocenters. The minimum Gasteiger partial charge on any atom is -0.368 e. The van der Waals surface area contributed by atoms with E-state index in [0.29, 0.717) is 11.8 Å². The molecular weight excluding hydrogens is 343 g/mol. The number of halogens is 1. The van der Waals surface area contributed by atoms with E-state index in [-0.39, 0.29) is 5.82 Å². The predicted octanol–water partition coefficient (Wildman–Crippen LogP) is 3.39. The number of aryl methyl sites for hydroxylation is 1. The Bertz CT molecular complexity index is 889. The fourth-order valence-electron chi connectivity index (χ4n) is 3.09. The Hall–Kier alpha value is -3.22. The Labute approximate surface area is 157 Å². The number of nitrogens with one attached hydrogen (secondary N) is 1. The van der Waals surface area contributed by atoms with Crippen molar-refractivity contribution >= 4 is 23.1 Å². The molecule has 1 aliphatic rings. The molecule has 7 heteroatoms. The van der Waals surface area contributed by atoms with Crippen LogP contribution in [0.1, 0.15) is 5.56 Å². The van der Waals surface area contributed by atoms with E-state index in [2.05, 4.69) is 37.2 Å². The molecular formula is C20H21FN6. The Balaban J connectivity index is 1.41. The summed E-state index contributed by atoms with van der Waals surface area (Å²) in [7, 11) is 0. The molecule has 1 fully saturated rings. The molecule has 0 spiro atoms. The number of benzene rings is 2. The van der Waals surface area contributed by atoms with Crippen LogP contribution in [0.2, 0.25) is 0 Å². The van der Waals surface area contributed by atoms with Crippen LogP contribution in [-0.2, 0) is 0 Å². The predicted molar refractivity (Wildman–Crippen MR) is 105 cm³/mol. The third-order valence-electron chi connectivity index (χ3n) is 4.63. The molecule has 4 rings (SSSR count). The van der Waals surface area contributed by atoms with Gasteiger partial charge in [0.25, 0.3) is 0 Å². The van der Waals surface area contributed by atoms with Crippen LogP contribution in [-0.4, -0.2) is 41.4 Å². The molecule has 0 radical (unpaired) electrons. The fourth-order valence-corrected chi connectivity index (χ4v) is 3.09. The summed E-state index contributed by atoms with van der Waals surface area (Å²) < 4.78 is 13.1. The molecule has 0 aliphatic carbocycles. The first-order chi connectivity index (χ1) is 13.2. The van der Waals surface area contributed by atoms with E-state index < -0.39 is 0 Å². The summed E-state index contributed by atoms with van der Waals surface area (Å²) in [6, 6.07) is 14.7. The van der Waals surface area contributed by atoms with Gasteiger partial charge in [-0.05, 0) is 43.3 Å². The number of hydrogen-bond acceptors (Lipinski definition) is 6. The summed E-state index contributed by atoms with van der Waals surface area (Å²) in [6.07, 6.45) is 1.62. The maximum atomic E-state index is 13.1. The van der Waals surface area contributed by atoms with Crippen LogP contribution >= 0.6 is 0 Å². The van der Waals surface area contributed by atoms with Gasteiger partial charge in [0.05, 0.1) is 6.20 Å². The number of hydrogen-bond donors (Lipinski definition) is 1. The van der Waals surface area contributed by atoms with E-state index in [1.807, 2.05) is 36.4 Å². The van der Waals surface area contributed by atoms with Gasteiger partial charge in [-0.3, -0.25) is 0 Å². The fraction of sp³-hybridized carbons (Fsp3) is 0.250. The monoisotopic (exact) mass is 364 g/mol. The average Bonchev–Trinajstić information content (AvgIpc) is 2.71. The summed E-state index contributed by atoms with van der Waals surface area (Å²) in [4.78, 5) is 8.95. The minimum atomic E-state index is -0.213. The van der Waals surface area contributed by atoms with Crippen molar-refractivity contribution in [2.75, 3.05) is 41.3 Å². The van der Waals surface area contributed by atoms with Crippen LogP contribution in [0.3, 0.4) is 0 Å². The zero-order chi connectivity index (χ0) is 18.6. The van der Waals surface area contributed by atoms with E-state index in [1.54, 1.807) is 6.20 Å². The van der Waals surface area contributed by atoms with Crippen LogP contribution in [0.4, 0.5) is 27.5 Å². The van der Waals surface area contributed by atoms with Gasteiger partial charge in [-0.25, -0.2) is 4.39 Å². The number of piperazine rings is 1. The van der Waals surface area contributed by atoms with Crippen molar-refractivity contribution in [2.45, 2.75) is 6.92 Å². The second kappa shape index (κ2) is 7.57. The second-order valence-electron chi connectivity index (χ2n) is 6.58. The molecule has 0 unspecified atom stereocenters. The average molecular weight is 364 g/mol. The summed E-state index contributed by atoms with van der Waals surface area (Å²) in [5, 5.41) is 11.5. The Kier molecular flexibility index (Phi) is 4.82. The molecule has 1 saturated heterocycles. The molecule has 2 aromatic carbocycles. The summed E-state index contributed by atoms with van der Waals surface area (Å²) in [5.74, 6) is 1.07. The number of anilines is 4. The van der Waals surface area contributed by atoms with Crippen molar-refractivity contribution in [1.29, 1.82) is 0 Å². The van der Waals surface area contributed by atoms with E-state index >= 15 is 0 Å². The highest BCUT2D eigenvalue weighted by Crippen LogP contribution is 2.20. The molecule has 138 valence electrons. The largest absolute Gasteiger partial charge is 0.368 e. The van der Waals surface area contributed by atoms with E-state index in [4.69, 9.17) is 0 Å². The molecule has 1 aromatic heterocycles. The maximum Gasteiger partial charge on any atom is 0.247 e. The van der Waals surface area contributed by atoms with Gasteiger partial charge in [0.2, 0.25) is 5.95 Å². The van der Waals surface area contributed by atoms with Gasteiger partial charge in [-0.1, -0.05) is 17.7 Å². The Morgan fingerprint density at radius 1 is 0.889 bits per heavy atom. The van der Waals surface area contributed by atoms with Gasteiger partial charge in [-0.2, -0.15) is 10.1 Å². The molecule has 0 saturated carbocycles. The van der Waals surface area contributed by atoms with Crippen molar-refractivity contribution in [1.82, 2.24) is 15.2 Å².